The Morgan fingerprint density at radius 3 is 2.60 bits per heavy atom. The van der Waals surface area contributed by atoms with E-state index in [1.165, 1.54) is 23.2 Å². The van der Waals surface area contributed by atoms with Crippen LogP contribution in [-0.2, 0) is 23.9 Å². The van der Waals surface area contributed by atoms with Crippen LogP contribution in [0.3, 0.4) is 0 Å². The monoisotopic (exact) mass is 544 g/mol. The molecule has 1 aliphatic heterocycles. The molecule has 5 rings (SSSR count). The maximum atomic E-state index is 13.5. The molecular weight excluding hydrogens is 520 g/mol. The first-order valence-electron chi connectivity index (χ1n) is 12.1. The summed E-state index contributed by atoms with van der Waals surface area (Å²) in [5, 5.41) is 7.83. The Morgan fingerprint density at radius 1 is 1.10 bits per heavy atom. The highest BCUT2D eigenvalue weighted by Crippen LogP contribution is 2.29. The average Bonchev–Trinajstić information content (AvgIpc) is 3.42. The van der Waals surface area contributed by atoms with Crippen LogP contribution in [0.15, 0.2) is 61.2 Å². The van der Waals surface area contributed by atoms with Gasteiger partial charge in [-0.15, -0.1) is 5.10 Å². The smallest absolute Gasteiger partial charge is 0.303 e. The molecule has 3 amide bonds. The van der Waals surface area contributed by atoms with E-state index in [4.69, 9.17) is 20.9 Å². The first-order valence-corrected chi connectivity index (χ1v) is 12.1. The van der Waals surface area contributed by atoms with E-state index >= 15 is 0 Å². The van der Waals surface area contributed by atoms with Crippen LogP contribution < -0.4 is 21.7 Å². The van der Waals surface area contributed by atoms with E-state index in [9.17, 15) is 19.2 Å². The van der Waals surface area contributed by atoms with Gasteiger partial charge in [-0.2, -0.15) is 0 Å². The second-order valence-electron chi connectivity index (χ2n) is 8.77. The van der Waals surface area contributed by atoms with E-state index in [0.29, 0.717) is 16.6 Å². The van der Waals surface area contributed by atoms with E-state index in [0.717, 1.165) is 12.6 Å². The molecule has 4 aromatic rings. The van der Waals surface area contributed by atoms with Crippen molar-refractivity contribution in [2.75, 3.05) is 29.1 Å². The maximum Gasteiger partial charge on any atom is 0.303 e. The van der Waals surface area contributed by atoms with Crippen molar-refractivity contribution in [3.8, 4) is 5.69 Å². The van der Waals surface area contributed by atoms with Crippen LogP contribution in [-0.4, -0.2) is 68.8 Å². The Bertz CT molecular complexity index is 1620. The number of anilines is 3. The number of ether oxygens (including phenoxy) is 2. The first-order chi connectivity index (χ1) is 19.2. The Balaban J connectivity index is 1.43. The summed E-state index contributed by atoms with van der Waals surface area (Å²) in [6.45, 7) is 1.30. The summed E-state index contributed by atoms with van der Waals surface area (Å²) < 4.78 is 12.5. The van der Waals surface area contributed by atoms with E-state index in [2.05, 4.69) is 20.4 Å². The molecule has 4 heterocycles. The summed E-state index contributed by atoms with van der Waals surface area (Å²) in [6.07, 6.45) is 3.12. The fourth-order valence-corrected chi connectivity index (χ4v) is 4.43. The van der Waals surface area contributed by atoms with Gasteiger partial charge in [0.1, 0.15) is 5.82 Å². The number of primary amides is 1. The third-order valence-electron chi connectivity index (χ3n) is 6.21. The molecule has 3 aromatic heterocycles. The van der Waals surface area contributed by atoms with Crippen molar-refractivity contribution in [2.45, 2.75) is 19.1 Å². The van der Waals surface area contributed by atoms with Crippen LogP contribution in [0.1, 0.15) is 17.3 Å². The Kier molecular flexibility index (Phi) is 7.07. The normalized spacial score (nSPS) is 16.0. The number of nitrogens with one attached hydrogen (secondary N) is 1. The largest absolute Gasteiger partial charge is 0.449 e. The quantitative estimate of drug-likeness (QED) is 0.280. The molecule has 1 saturated heterocycles. The number of nitrogens with zero attached hydrogens (tertiary/aromatic N) is 5. The number of aromatic nitrogens is 4. The molecule has 204 valence electrons. The van der Waals surface area contributed by atoms with E-state index in [1.54, 1.807) is 47.5 Å². The van der Waals surface area contributed by atoms with Crippen LogP contribution >= 0.6 is 0 Å². The number of pyridine rings is 2. The molecule has 0 spiro atoms. The van der Waals surface area contributed by atoms with Gasteiger partial charge < -0.3 is 26.3 Å². The molecule has 14 nitrogen and oxygen atoms in total. The van der Waals surface area contributed by atoms with Gasteiger partial charge in [0, 0.05) is 48.5 Å². The molecule has 40 heavy (non-hydrogen) atoms. The molecule has 1 aliphatic rings. The number of esters is 1. The lowest BCUT2D eigenvalue weighted by Crippen LogP contribution is -2.56. The topological polar surface area (TPSA) is 198 Å². The number of hydrogen-bond donors (Lipinski definition) is 3. The highest BCUT2D eigenvalue weighted by atomic mass is 16.6. The van der Waals surface area contributed by atoms with E-state index in [1.807, 2.05) is 0 Å². The Hall–Kier alpha value is -5.37. The van der Waals surface area contributed by atoms with Crippen LogP contribution in [0, 0.1) is 0 Å². The van der Waals surface area contributed by atoms with E-state index in [-0.39, 0.29) is 30.2 Å². The molecule has 1 fully saturated rings. The zero-order valence-electron chi connectivity index (χ0n) is 21.2. The van der Waals surface area contributed by atoms with Crippen molar-refractivity contribution in [3.63, 3.8) is 0 Å². The minimum absolute atomic E-state index is 0.0271. The lowest BCUT2D eigenvalue weighted by molar-refractivity contribution is -0.167. The molecule has 5 N–H and O–H groups in total. The number of carbonyl (C=O) groups is 4. The highest BCUT2D eigenvalue weighted by molar-refractivity contribution is 6.15. The number of nitrogens with two attached hydrogens (primary N) is 2. The van der Waals surface area contributed by atoms with E-state index < -0.39 is 35.9 Å². The molecule has 0 bridgehead atoms. The third-order valence-corrected chi connectivity index (χ3v) is 6.21. The van der Waals surface area contributed by atoms with Crippen LogP contribution in [0.4, 0.5) is 17.3 Å². The number of nitrogen functional groups attached to an aromatic ring is 1. The van der Waals surface area contributed by atoms with Gasteiger partial charge in [-0.1, -0.05) is 0 Å². The summed E-state index contributed by atoms with van der Waals surface area (Å²) >= 11 is 0. The summed E-state index contributed by atoms with van der Waals surface area (Å²) in [5.74, 6) is -2.71. The lowest BCUT2D eigenvalue weighted by Gasteiger charge is -2.34. The maximum absolute atomic E-state index is 13.5. The SMILES string of the molecule is CC(=O)O[C@@H](C(=O)Nc1ccc2c(N)nccc2c1C(N)=O)[C@H]1OCCN(c2ccn(-c3ccncc3)n2)C1=O. The molecule has 0 saturated carbocycles. The number of carbonyl (C=O) groups excluding carboxylic acids is 4. The van der Waals surface area contributed by atoms with Gasteiger partial charge in [0.25, 0.3) is 17.7 Å². The Labute approximate surface area is 226 Å². The Morgan fingerprint density at radius 2 is 1.88 bits per heavy atom. The number of hydrogen-bond acceptors (Lipinski definition) is 10. The predicted molar refractivity (Wildman–Crippen MR) is 142 cm³/mol. The average molecular weight is 545 g/mol. The number of rotatable bonds is 7. The fourth-order valence-electron chi connectivity index (χ4n) is 4.43. The molecule has 2 atom stereocenters. The van der Waals surface area contributed by atoms with Gasteiger partial charge in [-0.3, -0.25) is 29.1 Å². The molecule has 0 unspecified atom stereocenters. The van der Waals surface area contributed by atoms with Crippen molar-refractivity contribution in [2.24, 2.45) is 5.73 Å². The zero-order chi connectivity index (χ0) is 28.4. The number of amides is 3. The number of morpholine rings is 1. The zero-order valence-corrected chi connectivity index (χ0v) is 21.2. The van der Waals surface area contributed by atoms with Crippen LogP contribution in [0.2, 0.25) is 0 Å². The second-order valence-corrected chi connectivity index (χ2v) is 8.77. The molecular formula is C26H24N8O6. The fraction of sp³-hybridized carbons (Fsp3) is 0.192. The van der Waals surface area contributed by atoms with Crippen LogP contribution in [0.5, 0.6) is 0 Å². The van der Waals surface area contributed by atoms with Crippen molar-refractivity contribution < 1.29 is 28.7 Å². The number of benzene rings is 1. The van der Waals surface area contributed by atoms with Crippen molar-refractivity contribution in [3.05, 3.63) is 66.7 Å². The summed E-state index contributed by atoms with van der Waals surface area (Å²) in [6, 6.07) is 9.64. The van der Waals surface area contributed by atoms with Crippen molar-refractivity contribution >= 4 is 51.8 Å². The lowest BCUT2D eigenvalue weighted by atomic mass is 10.0. The van der Waals surface area contributed by atoms with Gasteiger partial charge in [-0.05, 0) is 30.3 Å². The summed E-state index contributed by atoms with van der Waals surface area (Å²) in [5.41, 5.74) is 12.3. The minimum atomic E-state index is -1.69. The molecule has 1 aromatic carbocycles. The number of fused-ring (bicyclic) bond motifs is 1. The predicted octanol–water partition coefficient (Wildman–Crippen LogP) is 0.799. The van der Waals surface area contributed by atoms with Crippen molar-refractivity contribution in [1.82, 2.24) is 19.7 Å². The first kappa shape index (κ1) is 26.2. The summed E-state index contributed by atoms with van der Waals surface area (Å²) in [7, 11) is 0. The van der Waals surface area contributed by atoms with Gasteiger partial charge in [-0.25, -0.2) is 9.67 Å². The minimum Gasteiger partial charge on any atom is -0.449 e. The summed E-state index contributed by atoms with van der Waals surface area (Å²) in [4.78, 5) is 60.6. The van der Waals surface area contributed by atoms with Gasteiger partial charge in [0.05, 0.1) is 30.1 Å². The molecule has 0 aliphatic carbocycles. The van der Waals surface area contributed by atoms with Crippen LogP contribution in [0.25, 0.3) is 16.5 Å². The van der Waals surface area contributed by atoms with Gasteiger partial charge in [0.15, 0.2) is 11.9 Å². The van der Waals surface area contributed by atoms with Gasteiger partial charge >= 0.3 is 5.97 Å². The third kappa shape index (κ3) is 5.02. The molecule has 0 radical (unpaired) electrons. The second kappa shape index (κ2) is 10.8. The highest BCUT2D eigenvalue weighted by Gasteiger charge is 2.43. The molecule has 14 heteroatoms. The van der Waals surface area contributed by atoms with Crippen molar-refractivity contribution in [1.29, 1.82) is 0 Å². The van der Waals surface area contributed by atoms with Gasteiger partial charge in [0.2, 0.25) is 6.10 Å². The standard InChI is InChI=1S/C26H24N8O6/c1-14(35)40-21(25(37)31-18-3-2-17-16(20(18)24(28)36)6-10-30-23(17)27)22-26(38)33(12-13-39-22)19-7-11-34(32-19)15-4-8-29-9-5-15/h2-11,21-22H,12-13H2,1H3,(H2,27,30)(H2,28,36)(H,31,37)/t21-,22-/m1/s1.